The van der Waals surface area contributed by atoms with Gasteiger partial charge in [0, 0.05) is 6.07 Å². The molecule has 88 valence electrons. The van der Waals surface area contributed by atoms with E-state index in [2.05, 4.69) is 21.2 Å². The fourth-order valence-electron chi connectivity index (χ4n) is 1.03. The van der Waals surface area contributed by atoms with E-state index in [0.29, 0.717) is 12.5 Å². The molecule has 1 aromatic rings. The standard InChI is InChI=1S/C10H11BrF2N2O/c1-2-8(14)10(16)15-9-3-5(11)6(12)4-7(9)13/h3-4,8H,2,14H2,1H3,(H,15,16). The fraction of sp³-hybridized carbons (Fsp3) is 0.300. The lowest BCUT2D eigenvalue weighted by atomic mass is 10.2. The Hall–Kier alpha value is -1.01. The highest BCUT2D eigenvalue weighted by Gasteiger charge is 2.15. The molecule has 3 nitrogen and oxygen atoms in total. The number of carbonyl (C=O) groups is 1. The molecule has 16 heavy (non-hydrogen) atoms. The third kappa shape index (κ3) is 2.99. The van der Waals surface area contributed by atoms with Crippen molar-refractivity contribution in [3.8, 4) is 0 Å². The molecule has 3 N–H and O–H groups in total. The fourth-order valence-corrected chi connectivity index (χ4v) is 1.37. The van der Waals surface area contributed by atoms with E-state index in [1.54, 1.807) is 6.92 Å². The first-order valence-corrected chi connectivity index (χ1v) is 5.46. The van der Waals surface area contributed by atoms with Gasteiger partial charge in [0.15, 0.2) is 0 Å². The number of hydrogen-bond donors (Lipinski definition) is 2. The van der Waals surface area contributed by atoms with Gasteiger partial charge in [0.05, 0.1) is 16.2 Å². The summed E-state index contributed by atoms with van der Waals surface area (Å²) in [6.45, 7) is 1.74. The normalized spacial score (nSPS) is 12.3. The number of carbonyl (C=O) groups excluding carboxylic acids is 1. The SMILES string of the molecule is CCC(N)C(=O)Nc1cc(Br)c(F)cc1F. The van der Waals surface area contributed by atoms with Crippen LogP contribution in [0.15, 0.2) is 16.6 Å². The molecule has 6 heteroatoms. The maximum atomic E-state index is 13.2. The summed E-state index contributed by atoms with van der Waals surface area (Å²) in [5, 5.41) is 2.29. The molecule has 1 atom stereocenters. The summed E-state index contributed by atoms with van der Waals surface area (Å²) in [5.41, 5.74) is 5.37. The van der Waals surface area contributed by atoms with E-state index in [0.717, 1.165) is 6.07 Å². The Morgan fingerprint density at radius 1 is 1.50 bits per heavy atom. The van der Waals surface area contributed by atoms with E-state index in [4.69, 9.17) is 5.73 Å². The zero-order valence-electron chi connectivity index (χ0n) is 8.56. The molecule has 1 rings (SSSR count). The summed E-state index contributed by atoms with van der Waals surface area (Å²) in [7, 11) is 0. The van der Waals surface area contributed by atoms with Crippen LogP contribution >= 0.6 is 15.9 Å². The van der Waals surface area contributed by atoms with E-state index in [-0.39, 0.29) is 10.2 Å². The van der Waals surface area contributed by atoms with Gasteiger partial charge in [-0.1, -0.05) is 6.92 Å². The van der Waals surface area contributed by atoms with Crippen LogP contribution in [0.1, 0.15) is 13.3 Å². The van der Waals surface area contributed by atoms with Crippen molar-refractivity contribution in [2.45, 2.75) is 19.4 Å². The molecule has 0 spiro atoms. The summed E-state index contributed by atoms with van der Waals surface area (Å²) in [6.07, 6.45) is 0.440. The van der Waals surface area contributed by atoms with Gasteiger partial charge in [0.25, 0.3) is 0 Å². The van der Waals surface area contributed by atoms with E-state index >= 15 is 0 Å². The van der Waals surface area contributed by atoms with Crippen LogP contribution in [0.2, 0.25) is 0 Å². The van der Waals surface area contributed by atoms with Gasteiger partial charge in [0.2, 0.25) is 5.91 Å². The Labute approximate surface area is 100 Å². The monoisotopic (exact) mass is 292 g/mol. The lowest BCUT2D eigenvalue weighted by Gasteiger charge is -2.11. The van der Waals surface area contributed by atoms with Gasteiger partial charge in [-0.05, 0) is 28.4 Å². The predicted molar refractivity (Wildman–Crippen MR) is 61.0 cm³/mol. The van der Waals surface area contributed by atoms with Crippen molar-refractivity contribution in [2.24, 2.45) is 5.73 Å². The van der Waals surface area contributed by atoms with E-state index in [1.165, 1.54) is 0 Å². The second-order valence-corrected chi connectivity index (χ2v) is 4.10. The summed E-state index contributed by atoms with van der Waals surface area (Å²) < 4.78 is 26.2. The lowest BCUT2D eigenvalue weighted by molar-refractivity contribution is -0.117. The number of rotatable bonds is 3. The molecule has 0 radical (unpaired) electrons. The van der Waals surface area contributed by atoms with Crippen molar-refractivity contribution in [2.75, 3.05) is 5.32 Å². The van der Waals surface area contributed by atoms with Gasteiger partial charge in [-0.15, -0.1) is 0 Å². The maximum absolute atomic E-state index is 13.2. The van der Waals surface area contributed by atoms with Gasteiger partial charge >= 0.3 is 0 Å². The molecule has 0 aliphatic heterocycles. The van der Waals surface area contributed by atoms with Gasteiger partial charge < -0.3 is 11.1 Å². The average molecular weight is 293 g/mol. The molecular weight excluding hydrogens is 282 g/mol. The quantitative estimate of drug-likeness (QED) is 0.841. The van der Waals surface area contributed by atoms with Crippen LogP contribution in [0, 0.1) is 11.6 Å². The molecule has 1 unspecified atom stereocenters. The second-order valence-electron chi connectivity index (χ2n) is 3.25. The van der Waals surface area contributed by atoms with Crippen LogP contribution < -0.4 is 11.1 Å². The minimum absolute atomic E-state index is 0.0780. The Balaban J connectivity index is 2.90. The lowest BCUT2D eigenvalue weighted by Crippen LogP contribution is -2.35. The molecule has 1 amide bonds. The predicted octanol–water partition coefficient (Wildman–Crippen LogP) is 2.40. The zero-order valence-corrected chi connectivity index (χ0v) is 10.1. The Morgan fingerprint density at radius 2 is 2.12 bits per heavy atom. The molecule has 0 aliphatic rings. The molecule has 0 heterocycles. The molecule has 0 fully saturated rings. The Bertz CT molecular complexity index is 412. The third-order valence-electron chi connectivity index (χ3n) is 2.04. The summed E-state index contributed by atoms with van der Waals surface area (Å²) in [5.74, 6) is -2.06. The smallest absolute Gasteiger partial charge is 0.241 e. The van der Waals surface area contributed by atoms with Crippen molar-refractivity contribution in [1.82, 2.24) is 0 Å². The number of benzene rings is 1. The minimum atomic E-state index is -0.836. The largest absolute Gasteiger partial charge is 0.322 e. The number of nitrogens with two attached hydrogens (primary N) is 1. The zero-order chi connectivity index (χ0) is 12.3. The molecule has 0 aliphatic carbocycles. The molecule has 0 aromatic heterocycles. The molecule has 0 saturated heterocycles. The Morgan fingerprint density at radius 3 is 2.69 bits per heavy atom. The topological polar surface area (TPSA) is 55.1 Å². The number of nitrogens with one attached hydrogen (secondary N) is 1. The first-order chi connectivity index (χ1) is 7.45. The number of anilines is 1. The molecule has 0 bridgehead atoms. The van der Waals surface area contributed by atoms with Gasteiger partial charge in [-0.2, -0.15) is 0 Å². The van der Waals surface area contributed by atoms with Crippen molar-refractivity contribution >= 4 is 27.5 Å². The first kappa shape index (κ1) is 13.1. The van der Waals surface area contributed by atoms with Gasteiger partial charge in [-0.3, -0.25) is 4.79 Å². The van der Waals surface area contributed by atoms with E-state index in [1.807, 2.05) is 0 Å². The van der Waals surface area contributed by atoms with Crippen molar-refractivity contribution < 1.29 is 13.6 Å². The highest BCUT2D eigenvalue weighted by molar-refractivity contribution is 9.10. The summed E-state index contributed by atoms with van der Waals surface area (Å²) in [4.78, 5) is 11.4. The minimum Gasteiger partial charge on any atom is -0.322 e. The van der Waals surface area contributed by atoms with Crippen LogP contribution in [0.3, 0.4) is 0 Å². The number of hydrogen-bond acceptors (Lipinski definition) is 2. The molecular formula is C10H11BrF2N2O. The van der Waals surface area contributed by atoms with Crippen molar-refractivity contribution in [1.29, 1.82) is 0 Å². The van der Waals surface area contributed by atoms with Gasteiger partial charge in [0.1, 0.15) is 11.6 Å². The average Bonchev–Trinajstić information content (AvgIpc) is 2.24. The highest BCUT2D eigenvalue weighted by Crippen LogP contribution is 2.23. The highest BCUT2D eigenvalue weighted by atomic mass is 79.9. The second kappa shape index (κ2) is 5.36. The molecule has 0 saturated carbocycles. The molecule has 1 aromatic carbocycles. The van der Waals surface area contributed by atoms with E-state index < -0.39 is 23.6 Å². The summed E-state index contributed by atoms with van der Waals surface area (Å²) in [6, 6.07) is 1.14. The Kier molecular flexibility index (Phi) is 4.37. The van der Waals surface area contributed by atoms with Crippen LogP contribution in [-0.2, 0) is 4.79 Å². The van der Waals surface area contributed by atoms with Gasteiger partial charge in [-0.25, -0.2) is 8.78 Å². The number of halogens is 3. The first-order valence-electron chi connectivity index (χ1n) is 4.66. The van der Waals surface area contributed by atoms with Crippen LogP contribution in [0.5, 0.6) is 0 Å². The van der Waals surface area contributed by atoms with Crippen LogP contribution in [-0.4, -0.2) is 11.9 Å². The third-order valence-corrected chi connectivity index (χ3v) is 2.65. The van der Waals surface area contributed by atoms with Crippen molar-refractivity contribution in [3.63, 3.8) is 0 Å². The van der Waals surface area contributed by atoms with E-state index in [9.17, 15) is 13.6 Å². The van der Waals surface area contributed by atoms with Crippen molar-refractivity contribution in [3.05, 3.63) is 28.2 Å². The maximum Gasteiger partial charge on any atom is 0.241 e. The van der Waals surface area contributed by atoms with Crippen LogP contribution in [0.4, 0.5) is 14.5 Å². The summed E-state index contributed by atoms with van der Waals surface area (Å²) >= 11 is 2.90. The number of amides is 1. The van der Waals surface area contributed by atoms with Crippen LogP contribution in [0.25, 0.3) is 0 Å².